The Balaban J connectivity index is 1.65. The van der Waals surface area contributed by atoms with Crippen molar-refractivity contribution in [1.82, 2.24) is 19.7 Å². The van der Waals surface area contributed by atoms with Crippen molar-refractivity contribution in [3.05, 3.63) is 54.5 Å². The van der Waals surface area contributed by atoms with E-state index in [0.29, 0.717) is 17.1 Å². The van der Waals surface area contributed by atoms with E-state index < -0.39 is 0 Å². The molecule has 0 spiro atoms. The summed E-state index contributed by atoms with van der Waals surface area (Å²) in [5.74, 6) is 0.246. The van der Waals surface area contributed by atoms with Crippen molar-refractivity contribution in [2.45, 2.75) is 10.1 Å². The van der Waals surface area contributed by atoms with Gasteiger partial charge in [0, 0.05) is 29.9 Å². The monoisotopic (exact) mass is 341 g/mol. The number of carbonyl (C=O) groups excluding carboxylic acids is 1. The topological polar surface area (TPSA) is 81.9 Å². The van der Waals surface area contributed by atoms with Crippen LogP contribution in [0.2, 0.25) is 0 Å². The molecule has 0 saturated carbocycles. The fourth-order valence-corrected chi connectivity index (χ4v) is 2.68. The molecule has 0 aliphatic carbocycles. The van der Waals surface area contributed by atoms with Gasteiger partial charge in [-0.1, -0.05) is 0 Å². The van der Waals surface area contributed by atoms with Crippen molar-refractivity contribution in [3.63, 3.8) is 0 Å². The highest BCUT2D eigenvalue weighted by Crippen LogP contribution is 2.26. The number of benzene rings is 1. The third-order valence-electron chi connectivity index (χ3n) is 3.20. The van der Waals surface area contributed by atoms with Crippen LogP contribution >= 0.6 is 11.8 Å². The van der Waals surface area contributed by atoms with E-state index in [-0.39, 0.29) is 5.91 Å². The lowest BCUT2D eigenvalue weighted by atomic mass is 10.2. The Bertz CT molecular complexity index is 830. The van der Waals surface area contributed by atoms with E-state index in [1.54, 1.807) is 18.5 Å². The summed E-state index contributed by atoms with van der Waals surface area (Å²) in [4.78, 5) is 17.2. The summed E-state index contributed by atoms with van der Waals surface area (Å²) in [6, 6.07) is 10.8. The van der Waals surface area contributed by atoms with Crippen LogP contribution in [0.1, 0.15) is 10.4 Å². The summed E-state index contributed by atoms with van der Waals surface area (Å²) in [7, 11) is 3.42. The van der Waals surface area contributed by atoms with Gasteiger partial charge in [-0.25, -0.2) is 4.98 Å². The molecule has 0 radical (unpaired) electrons. The summed E-state index contributed by atoms with van der Waals surface area (Å²) >= 11 is 1.50. The molecule has 0 aliphatic heterocycles. The Labute approximate surface area is 143 Å². The predicted octanol–water partition coefficient (Wildman–Crippen LogP) is 2.62. The molecule has 3 rings (SSSR count). The van der Waals surface area contributed by atoms with Gasteiger partial charge >= 0.3 is 0 Å². The van der Waals surface area contributed by atoms with Crippen molar-refractivity contribution in [2.24, 2.45) is 7.05 Å². The van der Waals surface area contributed by atoms with Gasteiger partial charge in [0.25, 0.3) is 5.91 Å². The minimum Gasteiger partial charge on any atom is -0.481 e. The summed E-state index contributed by atoms with van der Waals surface area (Å²) < 4.78 is 6.82. The first kappa shape index (κ1) is 16.0. The smallest absolute Gasteiger partial charge is 0.257 e. The molecule has 7 nitrogen and oxygen atoms in total. The highest BCUT2D eigenvalue weighted by molar-refractivity contribution is 7.99. The molecule has 2 heterocycles. The van der Waals surface area contributed by atoms with E-state index in [1.807, 2.05) is 35.9 Å². The molecule has 122 valence electrons. The molecule has 0 aliphatic rings. The third kappa shape index (κ3) is 3.72. The Hall–Kier alpha value is -2.87. The number of amides is 1. The lowest BCUT2D eigenvalue weighted by Gasteiger charge is -2.07. The summed E-state index contributed by atoms with van der Waals surface area (Å²) in [6.45, 7) is 0. The number of aromatic nitrogens is 4. The first-order chi connectivity index (χ1) is 11.7. The highest BCUT2D eigenvalue weighted by atomic mass is 32.2. The number of anilines is 1. The number of nitrogens with one attached hydrogen (secondary N) is 1. The van der Waals surface area contributed by atoms with Crippen LogP contribution in [-0.4, -0.2) is 32.8 Å². The zero-order chi connectivity index (χ0) is 16.9. The molecular formula is C16H15N5O2S. The Morgan fingerprint density at radius 1 is 1.21 bits per heavy atom. The average Bonchev–Trinajstić information content (AvgIpc) is 3.01. The van der Waals surface area contributed by atoms with Gasteiger partial charge in [0.2, 0.25) is 5.88 Å². The number of hydrogen-bond acceptors (Lipinski definition) is 6. The summed E-state index contributed by atoms with van der Waals surface area (Å²) in [6.07, 6.45) is 3.13. The second kappa shape index (κ2) is 7.14. The quantitative estimate of drug-likeness (QED) is 0.768. The van der Waals surface area contributed by atoms with Crippen molar-refractivity contribution >= 4 is 23.4 Å². The minimum absolute atomic E-state index is 0.223. The largest absolute Gasteiger partial charge is 0.481 e. The molecule has 0 unspecified atom stereocenters. The maximum absolute atomic E-state index is 12.2. The molecule has 0 atom stereocenters. The van der Waals surface area contributed by atoms with Crippen LogP contribution in [0.4, 0.5) is 5.69 Å². The number of methoxy groups -OCH3 is 1. The molecule has 24 heavy (non-hydrogen) atoms. The van der Waals surface area contributed by atoms with Crippen molar-refractivity contribution in [1.29, 1.82) is 0 Å². The van der Waals surface area contributed by atoms with Gasteiger partial charge in [-0.05, 0) is 42.1 Å². The van der Waals surface area contributed by atoms with Crippen LogP contribution in [0.5, 0.6) is 5.88 Å². The Morgan fingerprint density at radius 2 is 2.00 bits per heavy atom. The van der Waals surface area contributed by atoms with Crippen LogP contribution in [0.15, 0.2) is 59.0 Å². The fraction of sp³-hybridized carbons (Fsp3) is 0.125. The number of rotatable bonds is 5. The fourth-order valence-electron chi connectivity index (χ4n) is 1.92. The number of aryl methyl sites for hydroxylation is 1. The number of hydrogen-bond donors (Lipinski definition) is 1. The van der Waals surface area contributed by atoms with E-state index >= 15 is 0 Å². The SMILES string of the molecule is COc1ccc(C(=O)Nc2ccc(Sc3nncn3C)cc2)cn1. The van der Waals surface area contributed by atoms with Crippen LogP contribution in [0, 0.1) is 0 Å². The molecule has 1 N–H and O–H groups in total. The second-order valence-electron chi connectivity index (χ2n) is 4.89. The number of pyridine rings is 1. The van der Waals surface area contributed by atoms with Gasteiger partial charge in [-0.2, -0.15) is 0 Å². The number of carbonyl (C=O) groups is 1. The number of ether oxygens (including phenoxy) is 1. The molecular weight excluding hydrogens is 326 g/mol. The third-order valence-corrected chi connectivity index (χ3v) is 4.26. The zero-order valence-electron chi connectivity index (χ0n) is 13.1. The Morgan fingerprint density at radius 3 is 2.58 bits per heavy atom. The van der Waals surface area contributed by atoms with Crippen LogP contribution in [0.25, 0.3) is 0 Å². The Kier molecular flexibility index (Phi) is 4.76. The van der Waals surface area contributed by atoms with Gasteiger partial charge in [0.05, 0.1) is 12.7 Å². The predicted molar refractivity (Wildman–Crippen MR) is 90.3 cm³/mol. The molecule has 2 aromatic heterocycles. The van der Waals surface area contributed by atoms with E-state index in [0.717, 1.165) is 10.1 Å². The van der Waals surface area contributed by atoms with Gasteiger partial charge in [-0.3, -0.25) is 4.79 Å². The molecule has 3 aromatic rings. The van der Waals surface area contributed by atoms with E-state index in [4.69, 9.17) is 4.74 Å². The van der Waals surface area contributed by atoms with Crippen LogP contribution in [0.3, 0.4) is 0 Å². The lowest BCUT2D eigenvalue weighted by molar-refractivity contribution is 0.102. The summed E-state index contributed by atoms with van der Waals surface area (Å²) in [5, 5.41) is 11.5. The van der Waals surface area contributed by atoms with E-state index in [2.05, 4.69) is 20.5 Å². The van der Waals surface area contributed by atoms with Crippen molar-refractivity contribution in [3.8, 4) is 5.88 Å². The zero-order valence-corrected chi connectivity index (χ0v) is 13.9. The lowest BCUT2D eigenvalue weighted by Crippen LogP contribution is -2.12. The van der Waals surface area contributed by atoms with E-state index in [1.165, 1.54) is 25.1 Å². The van der Waals surface area contributed by atoms with Gasteiger partial charge in [0.1, 0.15) is 6.33 Å². The van der Waals surface area contributed by atoms with Crippen molar-refractivity contribution < 1.29 is 9.53 Å². The van der Waals surface area contributed by atoms with Gasteiger partial charge in [-0.15, -0.1) is 10.2 Å². The van der Waals surface area contributed by atoms with Crippen LogP contribution in [-0.2, 0) is 7.05 Å². The molecule has 0 saturated heterocycles. The van der Waals surface area contributed by atoms with Crippen molar-refractivity contribution in [2.75, 3.05) is 12.4 Å². The standard InChI is InChI=1S/C16H15N5O2S/c1-21-10-18-20-16(21)24-13-6-4-12(5-7-13)19-15(22)11-3-8-14(23-2)17-9-11/h3-10H,1-2H3,(H,19,22). The highest BCUT2D eigenvalue weighted by Gasteiger charge is 2.08. The van der Waals surface area contributed by atoms with Gasteiger partial charge in [0.15, 0.2) is 5.16 Å². The second-order valence-corrected chi connectivity index (χ2v) is 5.93. The molecule has 1 aromatic carbocycles. The minimum atomic E-state index is -0.223. The summed E-state index contributed by atoms with van der Waals surface area (Å²) in [5.41, 5.74) is 1.17. The maximum Gasteiger partial charge on any atom is 0.257 e. The molecule has 0 fully saturated rings. The average molecular weight is 341 g/mol. The van der Waals surface area contributed by atoms with Crippen LogP contribution < -0.4 is 10.1 Å². The number of nitrogens with zero attached hydrogens (tertiary/aromatic N) is 4. The van der Waals surface area contributed by atoms with E-state index in [9.17, 15) is 4.79 Å². The molecule has 0 bridgehead atoms. The molecule has 8 heteroatoms. The first-order valence-electron chi connectivity index (χ1n) is 7.09. The van der Waals surface area contributed by atoms with Gasteiger partial charge < -0.3 is 14.6 Å². The molecule has 1 amide bonds. The first-order valence-corrected chi connectivity index (χ1v) is 7.90. The normalized spacial score (nSPS) is 10.4. The maximum atomic E-state index is 12.2.